The maximum atomic E-state index is 12.1. The van der Waals surface area contributed by atoms with Gasteiger partial charge in [0.2, 0.25) is 0 Å². The Kier molecular flexibility index (Phi) is 6.77. The van der Waals surface area contributed by atoms with Gasteiger partial charge in [0.05, 0.1) is 26.0 Å². The van der Waals surface area contributed by atoms with Gasteiger partial charge in [0, 0.05) is 4.47 Å². The molecule has 22 heavy (non-hydrogen) atoms. The number of alkyl halides is 2. The zero-order chi connectivity index (χ0) is 16.7. The smallest absolute Gasteiger partial charge is 0.387 e. The lowest BCUT2D eigenvalue weighted by atomic mass is 10.2. The molecule has 0 aliphatic heterocycles. The number of rotatable bonds is 6. The Balaban J connectivity index is 3.01. The second kappa shape index (κ2) is 8.32. The van der Waals surface area contributed by atoms with Gasteiger partial charge in [-0.1, -0.05) is 0 Å². The lowest BCUT2D eigenvalue weighted by molar-refractivity contribution is -0.138. The number of benzene rings is 1. The van der Waals surface area contributed by atoms with Crippen molar-refractivity contribution in [2.45, 2.75) is 6.61 Å². The zero-order valence-electron chi connectivity index (χ0n) is 11.6. The molecule has 0 aliphatic carbocycles. The third-order valence-electron chi connectivity index (χ3n) is 2.30. The number of hydrogen-bond acceptors (Lipinski definition) is 6. The topological polar surface area (TPSA) is 73.9 Å². The minimum absolute atomic E-state index is 0.0657. The Morgan fingerprint density at radius 1 is 1.27 bits per heavy atom. The standard InChI is InChI=1S/C13H12BrF2NO5/c1-20-11(18)6-10(12(19)21-2)17-9-4-3-7(5-8(9)14)22-13(15)16/h3-6,13,17H,1-2H3/b10-6+. The lowest BCUT2D eigenvalue weighted by Gasteiger charge is -2.12. The fourth-order valence-corrected chi connectivity index (χ4v) is 1.81. The first-order chi connectivity index (χ1) is 10.4. The van der Waals surface area contributed by atoms with Gasteiger partial charge in [-0.3, -0.25) is 0 Å². The van der Waals surface area contributed by atoms with Crippen molar-refractivity contribution in [3.63, 3.8) is 0 Å². The van der Waals surface area contributed by atoms with E-state index >= 15 is 0 Å². The molecule has 0 aliphatic rings. The van der Waals surface area contributed by atoms with Crippen LogP contribution in [-0.2, 0) is 19.1 Å². The van der Waals surface area contributed by atoms with E-state index in [0.29, 0.717) is 10.2 Å². The largest absolute Gasteiger partial charge is 0.466 e. The summed E-state index contributed by atoms with van der Waals surface area (Å²) in [4.78, 5) is 22.8. The van der Waals surface area contributed by atoms with Crippen LogP contribution in [-0.4, -0.2) is 32.8 Å². The average Bonchev–Trinajstić information content (AvgIpc) is 2.47. The van der Waals surface area contributed by atoms with Crippen molar-refractivity contribution >= 4 is 33.6 Å². The summed E-state index contributed by atoms with van der Waals surface area (Å²) in [5.74, 6) is -1.63. The third-order valence-corrected chi connectivity index (χ3v) is 2.96. The molecule has 0 saturated heterocycles. The van der Waals surface area contributed by atoms with Crippen molar-refractivity contribution in [1.82, 2.24) is 0 Å². The zero-order valence-corrected chi connectivity index (χ0v) is 13.1. The highest BCUT2D eigenvalue weighted by atomic mass is 79.9. The van der Waals surface area contributed by atoms with Gasteiger partial charge < -0.3 is 19.5 Å². The summed E-state index contributed by atoms with van der Waals surface area (Å²) >= 11 is 3.14. The number of nitrogens with one attached hydrogen (secondary N) is 1. The van der Waals surface area contributed by atoms with Crippen LogP contribution >= 0.6 is 15.9 Å². The third kappa shape index (κ3) is 5.32. The summed E-state index contributed by atoms with van der Waals surface area (Å²) < 4.78 is 37.8. The first-order valence-electron chi connectivity index (χ1n) is 5.76. The van der Waals surface area contributed by atoms with Crippen LogP contribution in [0.5, 0.6) is 5.75 Å². The van der Waals surface area contributed by atoms with E-state index in [1.54, 1.807) is 0 Å². The van der Waals surface area contributed by atoms with Gasteiger partial charge in [-0.05, 0) is 34.1 Å². The van der Waals surface area contributed by atoms with Gasteiger partial charge >= 0.3 is 18.6 Å². The average molecular weight is 380 g/mol. The molecule has 0 heterocycles. The van der Waals surface area contributed by atoms with E-state index < -0.39 is 18.6 Å². The predicted octanol–water partition coefficient (Wildman–Crippen LogP) is 2.69. The molecule has 0 spiro atoms. The SMILES string of the molecule is COC(=O)/C=C(/Nc1ccc(OC(F)F)cc1Br)C(=O)OC. The number of carbonyl (C=O) groups is 2. The van der Waals surface area contributed by atoms with Crippen molar-refractivity contribution in [1.29, 1.82) is 0 Å². The van der Waals surface area contributed by atoms with Gasteiger partial charge in [0.25, 0.3) is 0 Å². The van der Waals surface area contributed by atoms with Gasteiger partial charge in [0.15, 0.2) is 0 Å². The van der Waals surface area contributed by atoms with Gasteiger partial charge in [-0.2, -0.15) is 8.78 Å². The maximum absolute atomic E-state index is 12.1. The number of halogens is 3. The van der Waals surface area contributed by atoms with Crippen molar-refractivity contribution in [2.24, 2.45) is 0 Å². The first kappa shape index (κ1) is 17.9. The summed E-state index contributed by atoms with van der Waals surface area (Å²) in [6, 6.07) is 3.93. The maximum Gasteiger partial charge on any atom is 0.387 e. The van der Waals surface area contributed by atoms with Crippen LogP contribution < -0.4 is 10.1 Å². The fraction of sp³-hybridized carbons (Fsp3) is 0.231. The van der Waals surface area contributed by atoms with E-state index in [1.165, 1.54) is 18.2 Å². The second-order valence-electron chi connectivity index (χ2n) is 3.72. The normalized spacial score (nSPS) is 11.1. The number of methoxy groups -OCH3 is 2. The Bertz CT molecular complexity index is 592. The Morgan fingerprint density at radius 3 is 2.45 bits per heavy atom. The molecule has 0 fully saturated rings. The van der Waals surface area contributed by atoms with E-state index in [2.05, 4.69) is 35.5 Å². The minimum atomic E-state index is -2.95. The summed E-state index contributed by atoms with van der Waals surface area (Å²) in [5.41, 5.74) is 0.153. The Morgan fingerprint density at radius 2 is 1.95 bits per heavy atom. The molecule has 0 bridgehead atoms. The molecule has 0 atom stereocenters. The molecular formula is C13H12BrF2NO5. The Hall–Kier alpha value is -2.16. The summed E-state index contributed by atoms with van der Waals surface area (Å²) in [7, 11) is 2.30. The van der Waals surface area contributed by atoms with E-state index in [1.807, 2.05) is 0 Å². The molecule has 120 valence electrons. The van der Waals surface area contributed by atoms with Crippen LogP contribution in [0.4, 0.5) is 14.5 Å². The molecule has 0 saturated carbocycles. The van der Waals surface area contributed by atoms with Crippen LogP contribution in [0.25, 0.3) is 0 Å². The number of hydrogen-bond donors (Lipinski definition) is 1. The summed E-state index contributed by atoms with van der Waals surface area (Å²) in [5, 5.41) is 2.64. The molecule has 0 unspecified atom stereocenters. The van der Waals surface area contributed by atoms with Crippen LogP contribution in [0.2, 0.25) is 0 Å². The minimum Gasteiger partial charge on any atom is -0.466 e. The molecule has 1 aromatic carbocycles. The van der Waals surface area contributed by atoms with E-state index in [-0.39, 0.29) is 11.4 Å². The van der Waals surface area contributed by atoms with Crippen molar-refractivity contribution in [2.75, 3.05) is 19.5 Å². The second-order valence-corrected chi connectivity index (χ2v) is 4.57. The van der Waals surface area contributed by atoms with E-state index in [9.17, 15) is 18.4 Å². The molecule has 0 amide bonds. The van der Waals surface area contributed by atoms with Crippen molar-refractivity contribution in [3.05, 3.63) is 34.4 Å². The molecular weight excluding hydrogens is 368 g/mol. The molecule has 6 nitrogen and oxygen atoms in total. The van der Waals surface area contributed by atoms with Crippen molar-refractivity contribution in [3.8, 4) is 5.75 Å². The quantitative estimate of drug-likeness (QED) is 0.605. The Labute approximate surface area is 133 Å². The van der Waals surface area contributed by atoms with Gasteiger partial charge in [-0.15, -0.1) is 0 Å². The highest BCUT2D eigenvalue weighted by Gasteiger charge is 2.15. The molecule has 0 radical (unpaired) electrons. The van der Waals surface area contributed by atoms with Crippen LogP contribution in [0.3, 0.4) is 0 Å². The van der Waals surface area contributed by atoms with Crippen LogP contribution in [0.1, 0.15) is 0 Å². The van der Waals surface area contributed by atoms with Gasteiger partial charge in [0.1, 0.15) is 11.4 Å². The number of ether oxygens (including phenoxy) is 3. The molecule has 1 N–H and O–H groups in total. The monoisotopic (exact) mass is 379 g/mol. The summed E-state index contributed by atoms with van der Waals surface area (Å²) in [6.45, 7) is -2.95. The first-order valence-corrected chi connectivity index (χ1v) is 6.56. The van der Waals surface area contributed by atoms with Crippen LogP contribution in [0.15, 0.2) is 34.4 Å². The molecule has 0 aromatic heterocycles. The highest BCUT2D eigenvalue weighted by molar-refractivity contribution is 9.10. The molecule has 1 rings (SSSR count). The van der Waals surface area contributed by atoms with Gasteiger partial charge in [-0.25, -0.2) is 9.59 Å². The summed E-state index contributed by atoms with van der Waals surface area (Å²) in [6.07, 6.45) is 0.905. The number of esters is 2. The lowest BCUT2D eigenvalue weighted by Crippen LogP contribution is -2.15. The highest BCUT2D eigenvalue weighted by Crippen LogP contribution is 2.29. The van der Waals surface area contributed by atoms with E-state index in [4.69, 9.17) is 0 Å². The predicted molar refractivity (Wildman–Crippen MR) is 76.5 cm³/mol. The van der Waals surface area contributed by atoms with E-state index in [0.717, 1.165) is 20.3 Å². The number of carbonyl (C=O) groups excluding carboxylic acids is 2. The molecule has 1 aromatic rings. The van der Waals surface area contributed by atoms with Crippen LogP contribution in [0, 0.1) is 0 Å². The number of anilines is 1. The molecule has 9 heteroatoms. The van der Waals surface area contributed by atoms with Crippen molar-refractivity contribution < 1.29 is 32.6 Å². The fourth-order valence-electron chi connectivity index (χ4n) is 1.35.